The summed E-state index contributed by atoms with van der Waals surface area (Å²) >= 11 is 0. The molecule has 5 aromatic rings. The number of para-hydroxylation sites is 1. The smallest absolute Gasteiger partial charge is 0.139 e. The fourth-order valence-corrected chi connectivity index (χ4v) is 3.31. The molecule has 0 aliphatic rings. The number of hydrogen-bond donors (Lipinski definition) is 1. The maximum atomic E-state index is 4.82. The van der Waals surface area contributed by atoms with Gasteiger partial charge in [0.05, 0.1) is 17.2 Å². The third-order valence-corrected chi connectivity index (χ3v) is 4.30. The van der Waals surface area contributed by atoms with Crippen molar-refractivity contribution in [2.45, 2.75) is 0 Å². The second-order valence-electron chi connectivity index (χ2n) is 5.64. The van der Waals surface area contributed by atoms with Gasteiger partial charge in [-0.15, -0.1) is 0 Å². The van der Waals surface area contributed by atoms with Gasteiger partial charge in [-0.25, -0.2) is 4.98 Å². The Hall–Kier alpha value is -3.20. The van der Waals surface area contributed by atoms with Crippen molar-refractivity contribution in [3.05, 3.63) is 73.1 Å². The van der Waals surface area contributed by atoms with E-state index in [-0.39, 0.29) is 0 Å². The highest BCUT2D eigenvalue weighted by atomic mass is 14.9. The molecule has 3 heterocycles. The molecule has 0 bridgehead atoms. The molecule has 0 saturated heterocycles. The van der Waals surface area contributed by atoms with Gasteiger partial charge in [0.1, 0.15) is 5.65 Å². The number of hydrogen-bond acceptors (Lipinski definition) is 2. The van der Waals surface area contributed by atoms with E-state index in [0.717, 1.165) is 27.5 Å². The highest BCUT2D eigenvalue weighted by Crippen LogP contribution is 2.38. The topological polar surface area (TPSA) is 41.6 Å². The molecule has 3 aromatic heterocycles. The Morgan fingerprint density at radius 2 is 1.61 bits per heavy atom. The van der Waals surface area contributed by atoms with Gasteiger partial charge in [-0.2, -0.15) is 0 Å². The lowest BCUT2D eigenvalue weighted by Gasteiger charge is -2.09. The van der Waals surface area contributed by atoms with E-state index in [4.69, 9.17) is 4.98 Å². The van der Waals surface area contributed by atoms with E-state index < -0.39 is 0 Å². The lowest BCUT2D eigenvalue weighted by atomic mass is 9.97. The van der Waals surface area contributed by atoms with Crippen molar-refractivity contribution < 1.29 is 0 Å². The zero-order valence-electron chi connectivity index (χ0n) is 12.3. The fraction of sp³-hybridized carbons (Fsp3) is 0. The van der Waals surface area contributed by atoms with Crippen LogP contribution in [0.15, 0.2) is 73.1 Å². The maximum Gasteiger partial charge on any atom is 0.139 e. The average Bonchev–Trinajstić information content (AvgIpc) is 2.98. The molecule has 0 amide bonds. The van der Waals surface area contributed by atoms with Gasteiger partial charge in [-0.05, 0) is 17.7 Å². The number of aromatic amines is 1. The predicted octanol–water partition coefficient (Wildman–Crippen LogP) is 4.93. The zero-order valence-corrected chi connectivity index (χ0v) is 12.3. The fourth-order valence-electron chi connectivity index (χ4n) is 3.31. The highest BCUT2D eigenvalue weighted by molar-refractivity contribution is 6.19. The molecule has 0 aliphatic carbocycles. The van der Waals surface area contributed by atoms with Crippen molar-refractivity contribution in [3.63, 3.8) is 0 Å². The van der Waals surface area contributed by atoms with Crippen LogP contribution in [0, 0.1) is 0 Å². The zero-order chi connectivity index (χ0) is 15.2. The van der Waals surface area contributed by atoms with Crippen molar-refractivity contribution in [2.24, 2.45) is 0 Å². The molecule has 0 spiro atoms. The van der Waals surface area contributed by atoms with Crippen molar-refractivity contribution in [1.82, 2.24) is 15.0 Å². The van der Waals surface area contributed by atoms with Crippen LogP contribution >= 0.6 is 0 Å². The lowest BCUT2D eigenvalue weighted by molar-refractivity contribution is 1.33. The van der Waals surface area contributed by atoms with Crippen LogP contribution in [0.1, 0.15) is 0 Å². The molecule has 2 aromatic carbocycles. The summed E-state index contributed by atoms with van der Waals surface area (Å²) in [6.07, 6.45) is 3.69. The Morgan fingerprint density at radius 3 is 2.52 bits per heavy atom. The van der Waals surface area contributed by atoms with Gasteiger partial charge in [0.25, 0.3) is 0 Å². The average molecular weight is 295 g/mol. The molecule has 0 fully saturated rings. The summed E-state index contributed by atoms with van der Waals surface area (Å²) in [4.78, 5) is 12.4. The van der Waals surface area contributed by atoms with Crippen LogP contribution in [-0.4, -0.2) is 15.0 Å². The number of nitrogens with one attached hydrogen (secondary N) is 1. The summed E-state index contributed by atoms with van der Waals surface area (Å²) < 4.78 is 0. The molecule has 23 heavy (non-hydrogen) atoms. The monoisotopic (exact) mass is 295 g/mol. The molecule has 1 N–H and O–H groups in total. The molecule has 108 valence electrons. The van der Waals surface area contributed by atoms with E-state index >= 15 is 0 Å². The number of rotatable bonds is 1. The first-order valence-corrected chi connectivity index (χ1v) is 7.61. The molecular formula is C20H13N3. The number of nitrogens with zero attached hydrogens (tertiary/aromatic N) is 2. The van der Waals surface area contributed by atoms with Crippen LogP contribution in [0.5, 0.6) is 0 Å². The van der Waals surface area contributed by atoms with E-state index in [1.807, 2.05) is 24.5 Å². The molecule has 3 heteroatoms. The van der Waals surface area contributed by atoms with Crippen LogP contribution in [0.3, 0.4) is 0 Å². The van der Waals surface area contributed by atoms with Crippen LogP contribution in [0.2, 0.25) is 0 Å². The Balaban J connectivity index is 2.08. The number of benzene rings is 2. The molecule has 0 saturated carbocycles. The van der Waals surface area contributed by atoms with Gasteiger partial charge in [-0.1, -0.05) is 48.5 Å². The van der Waals surface area contributed by atoms with Crippen molar-refractivity contribution >= 4 is 32.8 Å². The molecule has 0 radical (unpaired) electrons. The van der Waals surface area contributed by atoms with E-state index in [1.165, 1.54) is 16.5 Å². The molecule has 5 rings (SSSR count). The van der Waals surface area contributed by atoms with E-state index in [2.05, 4.69) is 58.5 Å². The largest absolute Gasteiger partial charge is 0.338 e. The second kappa shape index (κ2) is 4.65. The first-order chi connectivity index (χ1) is 11.4. The Morgan fingerprint density at radius 1 is 0.783 bits per heavy atom. The number of aromatic nitrogens is 3. The number of H-pyrrole nitrogens is 1. The summed E-state index contributed by atoms with van der Waals surface area (Å²) in [7, 11) is 0. The number of pyridine rings is 2. The van der Waals surface area contributed by atoms with Crippen molar-refractivity contribution in [3.8, 4) is 11.1 Å². The Labute approximate surface area is 132 Å². The van der Waals surface area contributed by atoms with Gasteiger partial charge >= 0.3 is 0 Å². The third-order valence-electron chi connectivity index (χ3n) is 4.30. The van der Waals surface area contributed by atoms with Crippen molar-refractivity contribution in [1.29, 1.82) is 0 Å². The second-order valence-corrected chi connectivity index (χ2v) is 5.64. The third kappa shape index (κ3) is 1.77. The van der Waals surface area contributed by atoms with E-state index in [1.54, 1.807) is 0 Å². The first kappa shape index (κ1) is 12.4. The first-order valence-electron chi connectivity index (χ1n) is 7.61. The summed E-state index contributed by atoms with van der Waals surface area (Å²) in [5.74, 6) is 0. The molecule has 0 aliphatic heterocycles. The van der Waals surface area contributed by atoms with Gasteiger partial charge < -0.3 is 4.98 Å². The molecule has 3 nitrogen and oxygen atoms in total. The lowest BCUT2D eigenvalue weighted by Crippen LogP contribution is -1.87. The minimum atomic E-state index is 0.908. The van der Waals surface area contributed by atoms with Crippen LogP contribution in [-0.2, 0) is 0 Å². The minimum Gasteiger partial charge on any atom is -0.338 e. The Bertz CT molecular complexity index is 1160. The van der Waals surface area contributed by atoms with Crippen molar-refractivity contribution in [2.75, 3.05) is 0 Å². The van der Waals surface area contributed by atoms with Crippen LogP contribution in [0.4, 0.5) is 0 Å². The summed E-state index contributed by atoms with van der Waals surface area (Å²) in [5, 5.41) is 3.49. The minimum absolute atomic E-state index is 0.908. The summed E-state index contributed by atoms with van der Waals surface area (Å²) in [6.45, 7) is 0. The van der Waals surface area contributed by atoms with Crippen LogP contribution < -0.4 is 0 Å². The van der Waals surface area contributed by atoms with Gasteiger partial charge in [-0.3, -0.25) is 4.98 Å². The molecule has 0 unspecified atom stereocenters. The normalized spacial score (nSPS) is 11.5. The maximum absolute atomic E-state index is 4.82. The highest BCUT2D eigenvalue weighted by Gasteiger charge is 2.15. The van der Waals surface area contributed by atoms with Gasteiger partial charge in [0.15, 0.2) is 0 Å². The molecular weight excluding hydrogens is 282 g/mol. The summed E-state index contributed by atoms with van der Waals surface area (Å²) in [5.41, 5.74) is 5.35. The Kier molecular flexibility index (Phi) is 2.50. The molecule has 0 atom stereocenters. The van der Waals surface area contributed by atoms with Gasteiger partial charge in [0, 0.05) is 27.9 Å². The van der Waals surface area contributed by atoms with Crippen LogP contribution in [0.25, 0.3) is 44.0 Å². The van der Waals surface area contributed by atoms with E-state index in [9.17, 15) is 0 Å². The predicted molar refractivity (Wildman–Crippen MR) is 94.3 cm³/mol. The quantitative estimate of drug-likeness (QED) is 0.476. The van der Waals surface area contributed by atoms with Gasteiger partial charge in [0.2, 0.25) is 0 Å². The summed E-state index contributed by atoms with van der Waals surface area (Å²) in [6, 6.07) is 20.9. The number of fused-ring (bicyclic) bond motifs is 4. The standard InChI is InChI=1S/C20H13N3/c1-2-6-13(7-3-1)18-14-8-4-5-9-16(14)22-20-19(18)15-10-11-21-12-17(15)23-20/h1-12H,(H,22,23). The SMILES string of the molecule is c1ccc(-c2c3ccccc3nc3[nH]c4cnccc4c23)cc1. The van der Waals surface area contributed by atoms with E-state index in [0.29, 0.717) is 0 Å².